The van der Waals surface area contributed by atoms with Crippen molar-refractivity contribution in [3.63, 3.8) is 0 Å². The lowest BCUT2D eigenvalue weighted by molar-refractivity contribution is -0.137. The lowest BCUT2D eigenvalue weighted by atomic mass is 9.98. The Morgan fingerprint density at radius 3 is 2.69 bits per heavy atom. The summed E-state index contributed by atoms with van der Waals surface area (Å²) in [5.74, 6) is 0.326. The summed E-state index contributed by atoms with van der Waals surface area (Å²) in [5.41, 5.74) is 0.845. The van der Waals surface area contributed by atoms with Crippen LogP contribution in [0.25, 0.3) is 0 Å². The first-order chi connectivity index (χ1) is 12.6. The molecule has 0 aromatic heterocycles. The lowest BCUT2D eigenvalue weighted by Crippen LogP contribution is -2.34. The summed E-state index contributed by atoms with van der Waals surface area (Å²) < 4.78 is 6.00. The van der Waals surface area contributed by atoms with Gasteiger partial charge in [0.1, 0.15) is 11.4 Å². The van der Waals surface area contributed by atoms with Gasteiger partial charge in [-0.2, -0.15) is 0 Å². The summed E-state index contributed by atoms with van der Waals surface area (Å²) in [6.07, 6.45) is 3.48. The van der Waals surface area contributed by atoms with Crippen molar-refractivity contribution < 1.29 is 19.4 Å². The van der Waals surface area contributed by atoms with Gasteiger partial charge in [-0.3, -0.25) is 14.5 Å². The Bertz CT molecular complexity index is 696. The molecule has 0 aliphatic carbocycles. The van der Waals surface area contributed by atoms with Gasteiger partial charge in [0.05, 0.1) is 25.4 Å². The van der Waals surface area contributed by atoms with Crippen LogP contribution in [0.2, 0.25) is 0 Å². The average molecular weight is 359 g/mol. The molecule has 0 bridgehead atoms. The number of carbonyl (C=O) groups excluding carboxylic acids is 2. The minimum atomic E-state index is -0.436. The average Bonchev–Trinajstić information content (AvgIpc) is 2.90. The number of hydrogen-bond acceptors (Lipinski definition) is 6. The van der Waals surface area contributed by atoms with Crippen LogP contribution in [0.4, 0.5) is 5.69 Å². The van der Waals surface area contributed by atoms with Crippen molar-refractivity contribution in [1.29, 1.82) is 0 Å². The van der Waals surface area contributed by atoms with Crippen molar-refractivity contribution in [2.75, 3.05) is 45.2 Å². The van der Waals surface area contributed by atoms with Crippen molar-refractivity contribution in [2.24, 2.45) is 5.92 Å². The highest BCUT2D eigenvalue weighted by atomic mass is 16.5. The normalized spacial score (nSPS) is 19.0. The maximum Gasteiger partial charge on any atom is 0.277 e. The number of β-amino-alcohol motifs (C(OH)–C–C–N with tert-alkyl or cyclic N) is 1. The van der Waals surface area contributed by atoms with Gasteiger partial charge < -0.3 is 20.1 Å². The van der Waals surface area contributed by atoms with Gasteiger partial charge in [-0.1, -0.05) is 12.1 Å². The molecule has 1 aromatic carbocycles. The molecule has 2 aliphatic heterocycles. The number of ether oxygens (including phenoxy) is 1. The number of rotatable bonds is 7. The second-order valence-electron chi connectivity index (χ2n) is 6.76. The van der Waals surface area contributed by atoms with Gasteiger partial charge in [0, 0.05) is 6.08 Å². The molecule has 0 radical (unpaired) electrons. The quantitative estimate of drug-likeness (QED) is 0.709. The van der Waals surface area contributed by atoms with Gasteiger partial charge in [0.25, 0.3) is 11.8 Å². The summed E-state index contributed by atoms with van der Waals surface area (Å²) in [4.78, 5) is 27.5. The lowest BCUT2D eigenvalue weighted by Gasteiger charge is -2.29. The molecule has 26 heavy (non-hydrogen) atoms. The van der Waals surface area contributed by atoms with Crippen LogP contribution in [-0.2, 0) is 9.59 Å². The van der Waals surface area contributed by atoms with Gasteiger partial charge in [0.15, 0.2) is 0 Å². The molecule has 0 atom stereocenters. The molecule has 7 nitrogen and oxygen atoms in total. The number of imide groups is 1. The Hall–Kier alpha value is -2.38. The van der Waals surface area contributed by atoms with E-state index in [-0.39, 0.29) is 18.8 Å². The summed E-state index contributed by atoms with van der Waals surface area (Å²) >= 11 is 0. The minimum absolute atomic E-state index is 0.00633. The standard InChI is InChI=1S/C19H25N3O4/c1-21-8-6-14(7-9-21)13-26-17-5-3-2-4-15(17)20-16-12-18(24)22(10-11-23)19(16)25/h2-5,12,14,20,23H,6-11,13H2,1H3. The van der Waals surface area contributed by atoms with Crippen LogP contribution in [0.15, 0.2) is 36.0 Å². The zero-order valence-corrected chi connectivity index (χ0v) is 15.0. The van der Waals surface area contributed by atoms with E-state index in [0.29, 0.717) is 24.0 Å². The smallest absolute Gasteiger partial charge is 0.277 e. The number of nitrogens with zero attached hydrogens (tertiary/aromatic N) is 2. The van der Waals surface area contributed by atoms with Gasteiger partial charge >= 0.3 is 0 Å². The number of aliphatic hydroxyl groups excluding tert-OH is 1. The Labute approximate surface area is 153 Å². The molecule has 7 heteroatoms. The highest BCUT2D eigenvalue weighted by Gasteiger charge is 2.31. The molecule has 2 heterocycles. The molecule has 1 aromatic rings. The summed E-state index contributed by atoms with van der Waals surface area (Å²) in [6.45, 7) is 2.54. The number of anilines is 1. The van der Waals surface area contributed by atoms with E-state index in [1.165, 1.54) is 6.08 Å². The Morgan fingerprint density at radius 2 is 1.96 bits per heavy atom. The largest absolute Gasteiger partial charge is 0.491 e. The molecule has 1 saturated heterocycles. The van der Waals surface area contributed by atoms with Crippen LogP contribution >= 0.6 is 0 Å². The fourth-order valence-corrected chi connectivity index (χ4v) is 3.19. The van der Waals surface area contributed by atoms with Crippen molar-refractivity contribution in [2.45, 2.75) is 12.8 Å². The van der Waals surface area contributed by atoms with Crippen LogP contribution in [0.3, 0.4) is 0 Å². The maximum absolute atomic E-state index is 12.3. The van der Waals surface area contributed by atoms with Gasteiger partial charge in [0.2, 0.25) is 0 Å². The Morgan fingerprint density at radius 1 is 1.23 bits per heavy atom. The third kappa shape index (κ3) is 4.23. The number of piperidine rings is 1. The number of aliphatic hydroxyl groups is 1. The molecule has 2 N–H and O–H groups in total. The first-order valence-corrected chi connectivity index (χ1v) is 8.94. The van der Waals surface area contributed by atoms with Crippen molar-refractivity contribution in [3.8, 4) is 5.75 Å². The Balaban J connectivity index is 1.63. The third-order valence-corrected chi connectivity index (χ3v) is 4.80. The van der Waals surface area contributed by atoms with E-state index in [1.54, 1.807) is 0 Å². The number of benzene rings is 1. The summed E-state index contributed by atoms with van der Waals surface area (Å²) in [7, 11) is 2.13. The van der Waals surface area contributed by atoms with E-state index >= 15 is 0 Å². The maximum atomic E-state index is 12.3. The topological polar surface area (TPSA) is 82.1 Å². The van der Waals surface area contributed by atoms with Crippen LogP contribution in [-0.4, -0.2) is 66.6 Å². The minimum Gasteiger partial charge on any atom is -0.491 e. The first-order valence-electron chi connectivity index (χ1n) is 8.94. The molecule has 2 aliphatic rings. The number of amides is 2. The molecular formula is C19H25N3O4. The zero-order valence-electron chi connectivity index (χ0n) is 15.0. The summed E-state index contributed by atoms with van der Waals surface area (Å²) in [6, 6.07) is 7.39. The number of carbonyl (C=O) groups is 2. The predicted octanol–water partition coefficient (Wildman–Crippen LogP) is 1.06. The molecule has 2 amide bonds. The van der Waals surface area contributed by atoms with E-state index in [2.05, 4.69) is 17.3 Å². The van der Waals surface area contributed by atoms with Gasteiger partial charge in [-0.05, 0) is 51.0 Å². The fraction of sp³-hybridized carbons (Fsp3) is 0.474. The van der Waals surface area contributed by atoms with E-state index in [1.807, 2.05) is 24.3 Å². The van der Waals surface area contributed by atoms with Crippen LogP contribution in [0, 0.1) is 5.92 Å². The predicted molar refractivity (Wildman–Crippen MR) is 97.7 cm³/mol. The fourth-order valence-electron chi connectivity index (χ4n) is 3.19. The van der Waals surface area contributed by atoms with E-state index in [0.717, 1.165) is 30.8 Å². The second kappa shape index (κ2) is 8.33. The SMILES string of the molecule is CN1CCC(COc2ccccc2NC2=CC(=O)N(CCO)C2=O)CC1. The molecule has 0 spiro atoms. The highest BCUT2D eigenvalue weighted by Crippen LogP contribution is 2.28. The number of hydrogen-bond donors (Lipinski definition) is 2. The Kier molecular flexibility index (Phi) is 5.90. The number of para-hydroxylation sites is 2. The monoisotopic (exact) mass is 359 g/mol. The zero-order chi connectivity index (χ0) is 18.5. The van der Waals surface area contributed by atoms with Crippen LogP contribution in [0.5, 0.6) is 5.75 Å². The van der Waals surface area contributed by atoms with Crippen molar-refractivity contribution in [1.82, 2.24) is 9.80 Å². The van der Waals surface area contributed by atoms with E-state index in [4.69, 9.17) is 9.84 Å². The third-order valence-electron chi connectivity index (χ3n) is 4.80. The second-order valence-corrected chi connectivity index (χ2v) is 6.76. The van der Waals surface area contributed by atoms with Crippen molar-refractivity contribution in [3.05, 3.63) is 36.0 Å². The van der Waals surface area contributed by atoms with Crippen LogP contribution in [0.1, 0.15) is 12.8 Å². The van der Waals surface area contributed by atoms with E-state index < -0.39 is 11.8 Å². The van der Waals surface area contributed by atoms with E-state index in [9.17, 15) is 9.59 Å². The van der Waals surface area contributed by atoms with Gasteiger partial charge in [-0.15, -0.1) is 0 Å². The number of nitrogens with one attached hydrogen (secondary N) is 1. The van der Waals surface area contributed by atoms with Crippen LogP contribution < -0.4 is 10.1 Å². The molecule has 140 valence electrons. The highest BCUT2D eigenvalue weighted by molar-refractivity contribution is 6.17. The molecular weight excluding hydrogens is 334 g/mol. The summed E-state index contributed by atoms with van der Waals surface area (Å²) in [5, 5.41) is 12.0. The van der Waals surface area contributed by atoms with Gasteiger partial charge in [-0.25, -0.2) is 0 Å². The molecule has 3 rings (SSSR count). The molecule has 0 saturated carbocycles. The number of likely N-dealkylation sites (tertiary alicyclic amines) is 1. The first kappa shape index (κ1) is 18.4. The molecule has 1 fully saturated rings. The molecule has 0 unspecified atom stereocenters. The van der Waals surface area contributed by atoms with Crippen molar-refractivity contribution >= 4 is 17.5 Å².